The Kier molecular flexibility index (Phi) is 3.71. The summed E-state index contributed by atoms with van der Waals surface area (Å²) in [6, 6.07) is 16.6. The van der Waals surface area contributed by atoms with Crippen molar-refractivity contribution >= 4 is 28.4 Å². The quantitative estimate of drug-likeness (QED) is 0.666. The van der Waals surface area contributed by atoms with Crippen LogP contribution in [0.3, 0.4) is 0 Å². The number of aromatic nitrogens is 2. The number of aryl methyl sites for hydroxylation is 2. The van der Waals surface area contributed by atoms with Gasteiger partial charge in [0.05, 0.1) is 5.56 Å². The summed E-state index contributed by atoms with van der Waals surface area (Å²) in [6.07, 6.45) is 0. The van der Waals surface area contributed by atoms with Crippen LogP contribution in [0.4, 0.5) is 5.82 Å². The Morgan fingerprint density at radius 1 is 1.05 bits per heavy atom. The van der Waals surface area contributed by atoms with E-state index in [1.54, 1.807) is 4.68 Å². The number of nitrogens with two attached hydrogens (primary N) is 1. The zero-order chi connectivity index (χ0) is 15.0. The molecular weight excluding hydrogens is 373 g/mol. The van der Waals surface area contributed by atoms with Crippen molar-refractivity contribution in [2.45, 2.75) is 6.92 Å². The Bertz CT molecular complexity index is 788. The van der Waals surface area contributed by atoms with Crippen molar-refractivity contribution in [1.82, 2.24) is 9.78 Å². The van der Waals surface area contributed by atoms with Crippen LogP contribution in [0.15, 0.2) is 48.5 Å². The molecule has 0 bridgehead atoms. The number of halogens is 1. The van der Waals surface area contributed by atoms with Crippen LogP contribution in [0.5, 0.6) is 0 Å². The number of rotatable bonds is 2. The molecule has 0 unspecified atom stereocenters. The minimum absolute atomic E-state index is 0.692. The van der Waals surface area contributed by atoms with Crippen LogP contribution in [0.2, 0.25) is 0 Å². The molecule has 0 saturated carbocycles. The van der Waals surface area contributed by atoms with Gasteiger partial charge in [-0.05, 0) is 52.8 Å². The lowest BCUT2D eigenvalue weighted by atomic mass is 9.97. The van der Waals surface area contributed by atoms with E-state index >= 15 is 0 Å². The number of nitrogens with zero attached hydrogens (tertiary/aromatic N) is 2. The Balaban J connectivity index is 2.26. The predicted octanol–water partition coefficient (Wildman–Crippen LogP) is 4.25. The van der Waals surface area contributed by atoms with Crippen molar-refractivity contribution in [3.8, 4) is 22.4 Å². The highest BCUT2D eigenvalue weighted by molar-refractivity contribution is 14.1. The predicted molar refractivity (Wildman–Crippen MR) is 95.9 cm³/mol. The van der Waals surface area contributed by atoms with Gasteiger partial charge in [-0.1, -0.05) is 36.4 Å². The first-order valence-corrected chi connectivity index (χ1v) is 7.80. The SMILES string of the molecule is Cc1ccccc1-c1c(-c2ccc(I)cc2)nn(C)c1N. The Labute approximate surface area is 137 Å². The maximum atomic E-state index is 6.27. The van der Waals surface area contributed by atoms with Crippen LogP contribution in [0.25, 0.3) is 22.4 Å². The molecule has 0 aliphatic carbocycles. The van der Waals surface area contributed by atoms with Gasteiger partial charge in [0.25, 0.3) is 0 Å². The van der Waals surface area contributed by atoms with E-state index in [0.717, 1.165) is 22.4 Å². The van der Waals surface area contributed by atoms with E-state index in [4.69, 9.17) is 5.73 Å². The fraction of sp³-hybridized carbons (Fsp3) is 0.118. The molecule has 2 aromatic carbocycles. The van der Waals surface area contributed by atoms with E-state index in [0.29, 0.717) is 5.82 Å². The van der Waals surface area contributed by atoms with E-state index < -0.39 is 0 Å². The molecule has 0 aliphatic heterocycles. The summed E-state index contributed by atoms with van der Waals surface area (Å²) in [5, 5.41) is 4.62. The molecule has 3 nitrogen and oxygen atoms in total. The van der Waals surface area contributed by atoms with Crippen LogP contribution in [0, 0.1) is 10.5 Å². The Morgan fingerprint density at radius 2 is 1.71 bits per heavy atom. The fourth-order valence-corrected chi connectivity index (χ4v) is 2.83. The molecule has 0 fully saturated rings. The van der Waals surface area contributed by atoms with Gasteiger partial charge in [-0.2, -0.15) is 5.10 Å². The van der Waals surface area contributed by atoms with Gasteiger partial charge in [0, 0.05) is 16.2 Å². The minimum Gasteiger partial charge on any atom is -0.383 e. The number of benzene rings is 2. The third-order valence-corrected chi connectivity index (χ3v) is 4.34. The first-order chi connectivity index (χ1) is 10.1. The lowest BCUT2D eigenvalue weighted by Crippen LogP contribution is -1.98. The molecule has 1 aromatic heterocycles. The number of anilines is 1. The number of hydrogen-bond donors (Lipinski definition) is 1. The second kappa shape index (κ2) is 5.52. The molecule has 0 aliphatic rings. The first kappa shape index (κ1) is 14.1. The van der Waals surface area contributed by atoms with Crippen molar-refractivity contribution in [2.24, 2.45) is 7.05 Å². The van der Waals surface area contributed by atoms with E-state index in [-0.39, 0.29) is 0 Å². The monoisotopic (exact) mass is 389 g/mol. The molecule has 2 N–H and O–H groups in total. The zero-order valence-electron chi connectivity index (χ0n) is 12.0. The van der Waals surface area contributed by atoms with E-state index in [1.807, 2.05) is 19.2 Å². The molecule has 0 amide bonds. The first-order valence-electron chi connectivity index (χ1n) is 6.72. The topological polar surface area (TPSA) is 43.8 Å². The van der Waals surface area contributed by atoms with Gasteiger partial charge in [-0.25, -0.2) is 0 Å². The summed E-state index contributed by atoms with van der Waals surface area (Å²) in [5.41, 5.74) is 11.6. The van der Waals surface area contributed by atoms with Crippen molar-refractivity contribution in [1.29, 1.82) is 0 Å². The van der Waals surface area contributed by atoms with Gasteiger partial charge in [-0.3, -0.25) is 4.68 Å². The van der Waals surface area contributed by atoms with Gasteiger partial charge in [0.1, 0.15) is 11.5 Å². The third kappa shape index (κ3) is 2.55. The van der Waals surface area contributed by atoms with Gasteiger partial charge in [0.2, 0.25) is 0 Å². The average molecular weight is 389 g/mol. The lowest BCUT2D eigenvalue weighted by Gasteiger charge is -2.07. The molecular formula is C17H16IN3. The lowest BCUT2D eigenvalue weighted by molar-refractivity contribution is 0.782. The highest BCUT2D eigenvalue weighted by Gasteiger charge is 2.18. The maximum Gasteiger partial charge on any atom is 0.129 e. The van der Waals surface area contributed by atoms with Crippen molar-refractivity contribution in [3.63, 3.8) is 0 Å². The molecule has 0 spiro atoms. The number of hydrogen-bond acceptors (Lipinski definition) is 2. The standard InChI is InChI=1S/C17H16IN3/c1-11-5-3-4-6-14(11)15-16(20-21(2)17(15)19)12-7-9-13(18)10-8-12/h3-10H,19H2,1-2H3. The fourth-order valence-electron chi connectivity index (χ4n) is 2.47. The number of nitrogen functional groups attached to an aromatic ring is 1. The van der Waals surface area contributed by atoms with Crippen LogP contribution >= 0.6 is 22.6 Å². The Hall–Kier alpha value is -1.82. The molecule has 21 heavy (non-hydrogen) atoms. The Morgan fingerprint density at radius 3 is 2.38 bits per heavy atom. The smallest absolute Gasteiger partial charge is 0.129 e. The highest BCUT2D eigenvalue weighted by atomic mass is 127. The minimum atomic E-state index is 0.692. The molecule has 4 heteroatoms. The van der Waals surface area contributed by atoms with Gasteiger partial charge < -0.3 is 5.73 Å². The molecule has 106 valence electrons. The van der Waals surface area contributed by atoms with Crippen LogP contribution in [-0.2, 0) is 7.05 Å². The summed E-state index contributed by atoms with van der Waals surface area (Å²) in [6.45, 7) is 2.10. The molecule has 0 saturated heterocycles. The van der Waals surface area contributed by atoms with E-state index in [9.17, 15) is 0 Å². The van der Waals surface area contributed by atoms with Crippen LogP contribution in [0.1, 0.15) is 5.56 Å². The van der Waals surface area contributed by atoms with Crippen molar-refractivity contribution in [3.05, 3.63) is 57.7 Å². The van der Waals surface area contributed by atoms with E-state index in [2.05, 4.69) is 71.0 Å². The summed E-state index contributed by atoms with van der Waals surface area (Å²) < 4.78 is 2.95. The molecule has 3 rings (SSSR count). The maximum absolute atomic E-state index is 6.27. The molecule has 3 aromatic rings. The summed E-state index contributed by atoms with van der Waals surface area (Å²) in [4.78, 5) is 0. The molecule has 0 atom stereocenters. The normalized spacial score (nSPS) is 10.8. The van der Waals surface area contributed by atoms with Crippen molar-refractivity contribution < 1.29 is 0 Å². The second-order valence-corrected chi connectivity index (χ2v) is 6.30. The second-order valence-electron chi connectivity index (χ2n) is 5.05. The molecule has 1 heterocycles. The highest BCUT2D eigenvalue weighted by Crippen LogP contribution is 2.37. The summed E-state index contributed by atoms with van der Waals surface area (Å²) >= 11 is 2.30. The van der Waals surface area contributed by atoms with Gasteiger partial charge >= 0.3 is 0 Å². The summed E-state index contributed by atoms with van der Waals surface area (Å²) in [7, 11) is 1.88. The zero-order valence-corrected chi connectivity index (χ0v) is 14.1. The average Bonchev–Trinajstić information content (AvgIpc) is 2.77. The van der Waals surface area contributed by atoms with E-state index in [1.165, 1.54) is 9.13 Å². The van der Waals surface area contributed by atoms with Crippen LogP contribution < -0.4 is 5.73 Å². The largest absolute Gasteiger partial charge is 0.383 e. The third-order valence-electron chi connectivity index (χ3n) is 3.62. The summed E-state index contributed by atoms with van der Waals surface area (Å²) in [5.74, 6) is 0.692. The van der Waals surface area contributed by atoms with Crippen molar-refractivity contribution in [2.75, 3.05) is 5.73 Å². The van der Waals surface area contributed by atoms with Crippen LogP contribution in [-0.4, -0.2) is 9.78 Å². The molecule has 0 radical (unpaired) electrons. The van der Waals surface area contributed by atoms with Gasteiger partial charge in [-0.15, -0.1) is 0 Å². The van der Waals surface area contributed by atoms with Gasteiger partial charge in [0.15, 0.2) is 0 Å².